The molecular weight excluding hydrogens is 124 g/mol. The fourth-order valence-electron chi connectivity index (χ4n) is 0.254. The summed E-state index contributed by atoms with van der Waals surface area (Å²) in [6.07, 6.45) is 0. The van der Waals surface area contributed by atoms with Crippen LogP contribution in [0.25, 0.3) is 0 Å². The van der Waals surface area contributed by atoms with E-state index in [4.69, 9.17) is 0 Å². The highest BCUT2D eigenvalue weighted by Crippen LogP contribution is 1.80. The van der Waals surface area contributed by atoms with Crippen LogP contribution in [0.3, 0.4) is 0 Å². The SMILES string of the molecule is CCOOCOOCC. The number of rotatable bonds is 6. The van der Waals surface area contributed by atoms with E-state index < -0.39 is 0 Å². The first-order valence-corrected chi connectivity index (χ1v) is 2.90. The Balaban J connectivity index is 2.60. The van der Waals surface area contributed by atoms with Gasteiger partial charge in [0.05, 0.1) is 13.2 Å². The van der Waals surface area contributed by atoms with Gasteiger partial charge in [-0.15, -0.1) is 0 Å². The van der Waals surface area contributed by atoms with Gasteiger partial charge in [-0.1, -0.05) is 0 Å². The topological polar surface area (TPSA) is 36.9 Å². The van der Waals surface area contributed by atoms with Crippen LogP contribution in [-0.2, 0) is 19.6 Å². The Kier molecular flexibility index (Phi) is 7.70. The summed E-state index contributed by atoms with van der Waals surface area (Å²) in [5.41, 5.74) is 0. The summed E-state index contributed by atoms with van der Waals surface area (Å²) < 4.78 is 0. The average molecular weight is 136 g/mol. The van der Waals surface area contributed by atoms with Crippen molar-refractivity contribution in [1.82, 2.24) is 0 Å². The molecule has 0 atom stereocenters. The fourth-order valence-corrected chi connectivity index (χ4v) is 0.254. The normalized spacial score (nSPS) is 10.0. The van der Waals surface area contributed by atoms with Gasteiger partial charge in [-0.3, -0.25) is 0 Å². The van der Waals surface area contributed by atoms with Crippen LogP contribution in [-0.4, -0.2) is 20.0 Å². The molecule has 0 aromatic rings. The van der Waals surface area contributed by atoms with Crippen molar-refractivity contribution in [1.29, 1.82) is 0 Å². The van der Waals surface area contributed by atoms with Crippen molar-refractivity contribution >= 4 is 0 Å². The molecule has 0 spiro atoms. The monoisotopic (exact) mass is 136 g/mol. The lowest BCUT2D eigenvalue weighted by Gasteiger charge is -2.00. The molecule has 0 radical (unpaired) electrons. The van der Waals surface area contributed by atoms with Crippen molar-refractivity contribution in [2.45, 2.75) is 13.8 Å². The molecule has 0 aliphatic carbocycles. The molecule has 0 bridgehead atoms. The molecule has 0 heterocycles. The van der Waals surface area contributed by atoms with E-state index in [1.54, 1.807) is 0 Å². The van der Waals surface area contributed by atoms with Gasteiger partial charge in [-0.05, 0) is 13.8 Å². The van der Waals surface area contributed by atoms with Gasteiger partial charge in [0.15, 0.2) is 0 Å². The minimum atomic E-state index is 0.0156. The highest BCUT2D eigenvalue weighted by Gasteiger charge is 1.84. The Morgan fingerprint density at radius 1 is 0.778 bits per heavy atom. The van der Waals surface area contributed by atoms with Crippen LogP contribution in [0.15, 0.2) is 0 Å². The molecule has 0 saturated carbocycles. The smallest absolute Gasteiger partial charge is 0.214 e. The molecule has 4 heteroatoms. The molecular formula is C5H12O4. The lowest BCUT2D eigenvalue weighted by Crippen LogP contribution is -2.01. The summed E-state index contributed by atoms with van der Waals surface area (Å²) >= 11 is 0. The Hall–Kier alpha value is -0.160. The maximum atomic E-state index is 4.48. The third kappa shape index (κ3) is 7.84. The number of hydrogen-bond acceptors (Lipinski definition) is 4. The van der Waals surface area contributed by atoms with E-state index in [0.29, 0.717) is 13.2 Å². The quantitative estimate of drug-likeness (QED) is 0.235. The number of hydrogen-bond donors (Lipinski definition) is 0. The molecule has 4 nitrogen and oxygen atoms in total. The molecule has 0 amide bonds. The van der Waals surface area contributed by atoms with Crippen molar-refractivity contribution in [2.24, 2.45) is 0 Å². The van der Waals surface area contributed by atoms with Gasteiger partial charge in [-0.25, -0.2) is 19.6 Å². The Bertz CT molecular complexity index is 42.2. The zero-order valence-corrected chi connectivity index (χ0v) is 5.75. The molecule has 0 aliphatic rings. The van der Waals surface area contributed by atoms with Gasteiger partial charge in [0.2, 0.25) is 6.79 Å². The van der Waals surface area contributed by atoms with E-state index in [2.05, 4.69) is 19.6 Å². The van der Waals surface area contributed by atoms with Crippen LogP contribution in [0.1, 0.15) is 13.8 Å². The Morgan fingerprint density at radius 3 is 1.56 bits per heavy atom. The van der Waals surface area contributed by atoms with E-state index in [1.807, 2.05) is 13.8 Å². The van der Waals surface area contributed by atoms with Crippen molar-refractivity contribution in [3.63, 3.8) is 0 Å². The molecule has 9 heavy (non-hydrogen) atoms. The minimum absolute atomic E-state index is 0.0156. The molecule has 0 aromatic carbocycles. The average Bonchev–Trinajstić information content (AvgIpc) is 1.89. The van der Waals surface area contributed by atoms with Crippen LogP contribution < -0.4 is 0 Å². The van der Waals surface area contributed by atoms with Gasteiger partial charge in [-0.2, -0.15) is 0 Å². The highest BCUT2D eigenvalue weighted by atomic mass is 17.3. The third-order valence-electron chi connectivity index (χ3n) is 0.499. The van der Waals surface area contributed by atoms with E-state index >= 15 is 0 Å². The predicted molar refractivity (Wildman–Crippen MR) is 30.3 cm³/mol. The lowest BCUT2D eigenvalue weighted by molar-refractivity contribution is -0.416. The van der Waals surface area contributed by atoms with Gasteiger partial charge in [0.1, 0.15) is 0 Å². The highest BCUT2D eigenvalue weighted by molar-refractivity contribution is 3.95. The first-order chi connectivity index (χ1) is 4.41. The van der Waals surface area contributed by atoms with Gasteiger partial charge < -0.3 is 0 Å². The minimum Gasteiger partial charge on any atom is -0.235 e. The molecule has 0 saturated heterocycles. The maximum absolute atomic E-state index is 4.48. The molecule has 56 valence electrons. The molecule has 0 rings (SSSR count). The van der Waals surface area contributed by atoms with Crippen LogP contribution in [0.4, 0.5) is 0 Å². The summed E-state index contributed by atoms with van der Waals surface area (Å²) in [4.78, 5) is 17.8. The van der Waals surface area contributed by atoms with Crippen LogP contribution in [0.5, 0.6) is 0 Å². The van der Waals surface area contributed by atoms with Gasteiger partial charge >= 0.3 is 0 Å². The maximum Gasteiger partial charge on any atom is 0.214 e. The second-order valence-electron chi connectivity index (χ2n) is 1.17. The van der Waals surface area contributed by atoms with Crippen molar-refractivity contribution < 1.29 is 19.6 Å². The first kappa shape index (κ1) is 8.84. The van der Waals surface area contributed by atoms with Crippen molar-refractivity contribution in [3.8, 4) is 0 Å². The molecule has 0 N–H and O–H groups in total. The first-order valence-electron chi connectivity index (χ1n) is 2.90. The van der Waals surface area contributed by atoms with Gasteiger partial charge in [0, 0.05) is 0 Å². The molecule has 0 aromatic heterocycles. The van der Waals surface area contributed by atoms with Crippen molar-refractivity contribution in [3.05, 3.63) is 0 Å². The zero-order valence-electron chi connectivity index (χ0n) is 5.75. The van der Waals surface area contributed by atoms with Gasteiger partial charge in [0.25, 0.3) is 0 Å². The third-order valence-corrected chi connectivity index (χ3v) is 0.499. The second-order valence-corrected chi connectivity index (χ2v) is 1.17. The summed E-state index contributed by atoms with van der Waals surface area (Å²) in [6.45, 7) is 4.67. The van der Waals surface area contributed by atoms with E-state index in [-0.39, 0.29) is 6.79 Å². The molecule has 0 aliphatic heterocycles. The molecule has 0 unspecified atom stereocenters. The largest absolute Gasteiger partial charge is 0.235 e. The van der Waals surface area contributed by atoms with E-state index in [1.165, 1.54) is 0 Å². The fraction of sp³-hybridized carbons (Fsp3) is 1.00. The molecule has 0 fully saturated rings. The summed E-state index contributed by atoms with van der Waals surface area (Å²) in [5.74, 6) is 0. The standard InChI is InChI=1S/C5H12O4/c1-3-6-8-5-9-7-4-2/h3-5H2,1-2H3. The predicted octanol–water partition coefficient (Wildman–Crippen LogP) is 0.880. The van der Waals surface area contributed by atoms with Crippen LogP contribution in [0.2, 0.25) is 0 Å². The zero-order chi connectivity index (χ0) is 6.95. The lowest BCUT2D eigenvalue weighted by atomic mass is 10.9. The van der Waals surface area contributed by atoms with E-state index in [9.17, 15) is 0 Å². The van der Waals surface area contributed by atoms with Crippen LogP contribution in [0, 0.1) is 0 Å². The van der Waals surface area contributed by atoms with Crippen molar-refractivity contribution in [2.75, 3.05) is 20.0 Å². The Morgan fingerprint density at radius 2 is 1.22 bits per heavy atom. The summed E-state index contributed by atoms with van der Waals surface area (Å²) in [5, 5.41) is 0. The van der Waals surface area contributed by atoms with E-state index in [0.717, 1.165) is 0 Å². The second kappa shape index (κ2) is 7.84. The Labute approximate surface area is 54.5 Å². The van der Waals surface area contributed by atoms with Crippen LogP contribution >= 0.6 is 0 Å². The summed E-state index contributed by atoms with van der Waals surface area (Å²) in [6, 6.07) is 0. The summed E-state index contributed by atoms with van der Waals surface area (Å²) in [7, 11) is 0.